The van der Waals surface area contributed by atoms with Gasteiger partial charge in [0.25, 0.3) is 0 Å². The summed E-state index contributed by atoms with van der Waals surface area (Å²) in [4.78, 5) is 50.9. The second-order valence-corrected chi connectivity index (χ2v) is 9.47. The van der Waals surface area contributed by atoms with E-state index in [1.54, 1.807) is 31.4 Å². The molecule has 9 heteroatoms. The maximum atomic E-state index is 12.9. The van der Waals surface area contributed by atoms with Gasteiger partial charge in [0.05, 0.1) is 13.5 Å². The Morgan fingerprint density at radius 2 is 1.81 bits per heavy atom. The van der Waals surface area contributed by atoms with Crippen LogP contribution in [0.4, 0.5) is 0 Å². The van der Waals surface area contributed by atoms with Crippen LogP contribution in [0.5, 0.6) is 5.75 Å². The third kappa shape index (κ3) is 10.1. The molecule has 1 aliphatic heterocycles. The monoisotopic (exact) mass is 514 g/mol. The molecule has 0 spiro atoms. The van der Waals surface area contributed by atoms with Crippen molar-refractivity contribution in [2.24, 2.45) is 11.8 Å². The Bertz CT molecular complexity index is 971. The van der Waals surface area contributed by atoms with Gasteiger partial charge in [-0.15, -0.1) is 6.58 Å². The quantitative estimate of drug-likeness (QED) is 0.424. The number of amides is 2. The third-order valence-corrected chi connectivity index (χ3v) is 5.95. The summed E-state index contributed by atoms with van der Waals surface area (Å²) >= 11 is 0. The van der Waals surface area contributed by atoms with E-state index in [9.17, 15) is 19.2 Å². The van der Waals surface area contributed by atoms with E-state index in [0.717, 1.165) is 5.56 Å². The normalized spacial score (nSPS) is 23.8. The van der Waals surface area contributed by atoms with E-state index in [1.165, 1.54) is 6.08 Å². The summed E-state index contributed by atoms with van der Waals surface area (Å²) in [6.07, 6.45) is 3.54. The molecule has 9 nitrogen and oxygen atoms in total. The second kappa shape index (κ2) is 14.8. The van der Waals surface area contributed by atoms with Crippen LogP contribution in [0.25, 0.3) is 0 Å². The van der Waals surface area contributed by atoms with Gasteiger partial charge in [-0.2, -0.15) is 0 Å². The number of carbonyl (C=O) groups excluding carboxylic acids is 4. The topological polar surface area (TPSA) is 120 Å². The van der Waals surface area contributed by atoms with Crippen molar-refractivity contribution < 1.29 is 33.4 Å². The minimum atomic E-state index is -1.06. The molecule has 4 atom stereocenters. The molecule has 0 radical (unpaired) electrons. The summed E-state index contributed by atoms with van der Waals surface area (Å²) in [6, 6.07) is 6.31. The molecule has 0 saturated carbocycles. The zero-order valence-corrected chi connectivity index (χ0v) is 22.0. The summed E-state index contributed by atoms with van der Waals surface area (Å²) in [6.45, 7) is 9.43. The first-order valence-corrected chi connectivity index (χ1v) is 12.5. The average Bonchev–Trinajstić information content (AvgIpc) is 2.86. The van der Waals surface area contributed by atoms with E-state index in [-0.39, 0.29) is 37.6 Å². The standard InChI is InChI=1S/C28H38N2O7/c1-6-19(4)23-8-7-9-25(31)30-22(17-20-10-12-21(35-5)13-11-20)27(33)29-15-14-26(32)36-24(16-18(2)3)28(34)37-23/h6-7,9-13,18-19,22-24H,1,8,14-17H2,2-5H3,(H,29,33)(H,30,31)/b9-7+/t19-,22?,23?,24+/m1/s1. The summed E-state index contributed by atoms with van der Waals surface area (Å²) in [5.41, 5.74) is 0.822. The number of nitrogens with one attached hydrogen (secondary N) is 2. The highest BCUT2D eigenvalue weighted by atomic mass is 16.6. The van der Waals surface area contributed by atoms with Crippen LogP contribution in [-0.2, 0) is 35.1 Å². The van der Waals surface area contributed by atoms with Crippen LogP contribution < -0.4 is 15.4 Å². The number of methoxy groups -OCH3 is 1. The Hall–Kier alpha value is -3.62. The van der Waals surface area contributed by atoms with Gasteiger partial charge in [0.2, 0.25) is 11.8 Å². The van der Waals surface area contributed by atoms with E-state index in [0.29, 0.717) is 12.2 Å². The van der Waals surface area contributed by atoms with Crippen molar-refractivity contribution in [3.8, 4) is 5.75 Å². The predicted octanol–water partition coefficient (Wildman–Crippen LogP) is 2.88. The Labute approximate surface area is 218 Å². The van der Waals surface area contributed by atoms with Gasteiger partial charge in [0, 0.05) is 25.3 Å². The molecule has 1 aromatic rings. The fraction of sp³-hybridized carbons (Fsp3) is 0.500. The largest absolute Gasteiger partial charge is 0.497 e. The van der Waals surface area contributed by atoms with E-state index >= 15 is 0 Å². The first-order valence-electron chi connectivity index (χ1n) is 12.5. The average molecular weight is 515 g/mol. The van der Waals surface area contributed by atoms with Crippen LogP contribution in [0.2, 0.25) is 0 Å². The number of carbonyl (C=O) groups is 4. The molecule has 0 aliphatic carbocycles. The van der Waals surface area contributed by atoms with Gasteiger partial charge in [0.15, 0.2) is 6.10 Å². The third-order valence-electron chi connectivity index (χ3n) is 5.95. The van der Waals surface area contributed by atoms with Crippen LogP contribution in [0, 0.1) is 11.8 Å². The van der Waals surface area contributed by atoms with Gasteiger partial charge in [0.1, 0.15) is 17.9 Å². The van der Waals surface area contributed by atoms with Gasteiger partial charge in [-0.25, -0.2) is 4.79 Å². The van der Waals surface area contributed by atoms with Crippen molar-refractivity contribution >= 4 is 23.8 Å². The zero-order chi connectivity index (χ0) is 27.4. The van der Waals surface area contributed by atoms with E-state index in [4.69, 9.17) is 14.2 Å². The number of benzene rings is 1. The molecular weight excluding hydrogens is 476 g/mol. The van der Waals surface area contributed by atoms with Crippen LogP contribution >= 0.6 is 0 Å². The predicted molar refractivity (Wildman–Crippen MR) is 139 cm³/mol. The second-order valence-electron chi connectivity index (χ2n) is 9.47. The summed E-state index contributed by atoms with van der Waals surface area (Å²) in [5, 5.41) is 5.39. The number of cyclic esters (lactones) is 2. The first kappa shape index (κ1) is 29.6. The van der Waals surface area contributed by atoms with Crippen LogP contribution in [0.15, 0.2) is 49.1 Å². The van der Waals surface area contributed by atoms with Crippen LogP contribution in [0.1, 0.15) is 45.6 Å². The maximum absolute atomic E-state index is 12.9. The fourth-order valence-electron chi connectivity index (χ4n) is 3.73. The van der Waals surface area contributed by atoms with Gasteiger partial charge < -0.3 is 24.8 Å². The lowest BCUT2D eigenvalue weighted by Gasteiger charge is -2.25. The lowest BCUT2D eigenvalue weighted by atomic mass is 10.0. The van der Waals surface area contributed by atoms with Crippen molar-refractivity contribution in [2.75, 3.05) is 13.7 Å². The first-order chi connectivity index (χ1) is 17.6. The van der Waals surface area contributed by atoms with Gasteiger partial charge in [-0.1, -0.05) is 45.1 Å². The van der Waals surface area contributed by atoms with Crippen molar-refractivity contribution in [1.82, 2.24) is 10.6 Å². The Morgan fingerprint density at radius 1 is 1.11 bits per heavy atom. The molecule has 1 aromatic carbocycles. The highest BCUT2D eigenvalue weighted by Crippen LogP contribution is 2.18. The molecule has 0 saturated heterocycles. The molecule has 1 aliphatic rings. The number of esters is 2. The van der Waals surface area contributed by atoms with Crippen molar-refractivity contribution in [1.29, 1.82) is 0 Å². The van der Waals surface area contributed by atoms with Crippen molar-refractivity contribution in [3.63, 3.8) is 0 Å². The molecule has 37 heavy (non-hydrogen) atoms. The SMILES string of the molecule is C=C[C@@H](C)C1C/C=C/C(=O)NC(Cc2ccc(OC)cc2)C(=O)NCCC(=O)O[C@@H](CC(C)C)C(=O)O1. The maximum Gasteiger partial charge on any atom is 0.347 e. The Balaban J connectivity index is 2.27. The molecule has 2 unspecified atom stereocenters. The summed E-state index contributed by atoms with van der Waals surface area (Å²) in [7, 11) is 1.56. The minimum Gasteiger partial charge on any atom is -0.497 e. The number of hydrogen-bond donors (Lipinski definition) is 2. The highest BCUT2D eigenvalue weighted by Gasteiger charge is 2.29. The molecule has 202 valence electrons. The van der Waals surface area contributed by atoms with Gasteiger partial charge in [-0.3, -0.25) is 14.4 Å². The molecule has 1 heterocycles. The van der Waals surface area contributed by atoms with Gasteiger partial charge in [-0.05, 0) is 36.1 Å². The molecule has 2 amide bonds. The molecule has 2 N–H and O–H groups in total. The van der Waals surface area contributed by atoms with E-state index in [2.05, 4.69) is 17.2 Å². The zero-order valence-electron chi connectivity index (χ0n) is 22.0. The molecule has 0 aromatic heterocycles. The lowest BCUT2D eigenvalue weighted by molar-refractivity contribution is -0.173. The Kier molecular flexibility index (Phi) is 11.9. The van der Waals surface area contributed by atoms with Crippen LogP contribution in [0.3, 0.4) is 0 Å². The Morgan fingerprint density at radius 3 is 2.43 bits per heavy atom. The fourth-order valence-corrected chi connectivity index (χ4v) is 3.73. The molecular formula is C28H38N2O7. The highest BCUT2D eigenvalue weighted by molar-refractivity contribution is 5.93. The summed E-state index contributed by atoms with van der Waals surface area (Å²) < 4.78 is 16.3. The summed E-state index contributed by atoms with van der Waals surface area (Å²) in [5.74, 6) is -1.62. The number of rotatable bonds is 7. The number of hydrogen-bond acceptors (Lipinski definition) is 7. The lowest BCUT2D eigenvalue weighted by Crippen LogP contribution is -2.48. The van der Waals surface area contributed by atoms with Crippen molar-refractivity contribution in [2.45, 2.75) is 64.7 Å². The van der Waals surface area contributed by atoms with Crippen molar-refractivity contribution in [3.05, 3.63) is 54.6 Å². The molecule has 0 bridgehead atoms. The molecule has 0 fully saturated rings. The molecule has 2 rings (SSSR count). The van der Waals surface area contributed by atoms with Gasteiger partial charge >= 0.3 is 11.9 Å². The van der Waals surface area contributed by atoms with Crippen LogP contribution in [-0.4, -0.2) is 55.7 Å². The van der Waals surface area contributed by atoms with E-state index in [1.807, 2.05) is 32.9 Å². The minimum absolute atomic E-state index is 0.0118. The number of ether oxygens (including phenoxy) is 3. The van der Waals surface area contributed by atoms with E-state index < -0.39 is 42.0 Å². The smallest absolute Gasteiger partial charge is 0.347 e.